The van der Waals surface area contributed by atoms with Gasteiger partial charge in [0.05, 0.1) is 0 Å². The van der Waals surface area contributed by atoms with Crippen molar-refractivity contribution in [2.24, 2.45) is 5.84 Å². The van der Waals surface area contributed by atoms with Crippen LogP contribution in [0.4, 0.5) is 5.69 Å². The summed E-state index contributed by atoms with van der Waals surface area (Å²) >= 11 is 0. The summed E-state index contributed by atoms with van der Waals surface area (Å²) < 4.78 is 0. The van der Waals surface area contributed by atoms with Crippen LogP contribution in [-0.4, -0.2) is 18.4 Å². The Kier molecular flexibility index (Phi) is 4.02. The van der Waals surface area contributed by atoms with Crippen LogP contribution in [0, 0.1) is 6.92 Å². The molecule has 0 aromatic heterocycles. The minimum Gasteiger partial charge on any atom is -0.304 e. The van der Waals surface area contributed by atoms with Crippen LogP contribution in [0.3, 0.4) is 0 Å². The number of anilines is 1. The monoisotopic (exact) mass is 221 g/mol. The fourth-order valence-electron chi connectivity index (χ4n) is 1.35. The van der Waals surface area contributed by atoms with Crippen LogP contribution in [-0.2, 0) is 9.59 Å². The van der Waals surface area contributed by atoms with E-state index in [0.29, 0.717) is 12.2 Å². The van der Waals surface area contributed by atoms with E-state index in [1.54, 1.807) is 19.1 Å². The fourth-order valence-corrected chi connectivity index (χ4v) is 1.35. The predicted octanol–water partition coefficient (Wildman–Crippen LogP) is 0.338. The molecule has 5 heteroatoms. The second kappa shape index (κ2) is 5.27. The number of aryl methyl sites for hydroxylation is 1. The van der Waals surface area contributed by atoms with Gasteiger partial charge in [0.15, 0.2) is 0 Å². The second-order valence-electron chi connectivity index (χ2n) is 3.36. The average molecular weight is 221 g/mol. The van der Waals surface area contributed by atoms with Crippen molar-refractivity contribution in [2.45, 2.75) is 13.8 Å². The number of benzene rings is 1. The summed E-state index contributed by atoms with van der Waals surface area (Å²) in [6, 6.07) is 7.35. The molecule has 16 heavy (non-hydrogen) atoms. The van der Waals surface area contributed by atoms with E-state index in [2.05, 4.69) is 0 Å². The quantitative estimate of drug-likeness (QED) is 0.327. The van der Waals surface area contributed by atoms with E-state index in [0.717, 1.165) is 5.56 Å². The standard InChI is InChI=1S/C11H15N3O2/c1-3-14(11(16)10(15)13-12)9-6-4-8(2)5-7-9/h4-7H,3,12H2,1-2H3,(H,13,15). The minimum atomic E-state index is -0.817. The molecule has 0 heterocycles. The first-order valence-corrected chi connectivity index (χ1v) is 4.99. The lowest BCUT2D eigenvalue weighted by atomic mass is 10.2. The number of carbonyl (C=O) groups is 2. The van der Waals surface area contributed by atoms with Crippen LogP contribution in [0.1, 0.15) is 12.5 Å². The van der Waals surface area contributed by atoms with Gasteiger partial charge < -0.3 is 4.90 Å². The maximum absolute atomic E-state index is 11.6. The van der Waals surface area contributed by atoms with E-state index < -0.39 is 11.8 Å². The molecule has 0 fully saturated rings. The normalized spacial score (nSPS) is 9.69. The van der Waals surface area contributed by atoms with Crippen molar-refractivity contribution in [1.29, 1.82) is 0 Å². The van der Waals surface area contributed by atoms with Crippen LogP contribution in [0.15, 0.2) is 24.3 Å². The number of hydrogen-bond acceptors (Lipinski definition) is 3. The summed E-state index contributed by atoms with van der Waals surface area (Å²) in [5, 5.41) is 0. The van der Waals surface area contributed by atoms with Gasteiger partial charge in [0.1, 0.15) is 0 Å². The molecular formula is C11H15N3O2. The van der Waals surface area contributed by atoms with Crippen LogP contribution >= 0.6 is 0 Å². The number of likely N-dealkylation sites (N-methyl/N-ethyl adjacent to an activating group) is 1. The molecule has 5 nitrogen and oxygen atoms in total. The number of hydrazine groups is 1. The van der Waals surface area contributed by atoms with Crippen LogP contribution in [0.25, 0.3) is 0 Å². The third-order valence-electron chi connectivity index (χ3n) is 2.23. The summed E-state index contributed by atoms with van der Waals surface area (Å²) in [6.07, 6.45) is 0. The average Bonchev–Trinajstić information content (AvgIpc) is 2.31. The molecule has 0 saturated heterocycles. The van der Waals surface area contributed by atoms with Crippen LogP contribution in [0.5, 0.6) is 0 Å². The molecule has 0 aliphatic carbocycles. The highest BCUT2D eigenvalue weighted by Gasteiger charge is 2.20. The van der Waals surface area contributed by atoms with Crippen molar-refractivity contribution < 1.29 is 9.59 Å². The molecule has 0 atom stereocenters. The maximum Gasteiger partial charge on any atom is 0.323 e. The Morgan fingerprint density at radius 2 is 1.88 bits per heavy atom. The van der Waals surface area contributed by atoms with Crippen molar-refractivity contribution in [3.63, 3.8) is 0 Å². The molecule has 86 valence electrons. The molecule has 3 N–H and O–H groups in total. The summed E-state index contributed by atoms with van der Waals surface area (Å²) in [5.41, 5.74) is 3.61. The number of rotatable bonds is 2. The zero-order valence-corrected chi connectivity index (χ0v) is 9.36. The lowest BCUT2D eigenvalue weighted by Crippen LogP contribution is -2.45. The largest absolute Gasteiger partial charge is 0.323 e. The molecule has 2 amide bonds. The van der Waals surface area contributed by atoms with Crippen molar-refractivity contribution in [3.05, 3.63) is 29.8 Å². The van der Waals surface area contributed by atoms with E-state index in [9.17, 15) is 9.59 Å². The first-order valence-electron chi connectivity index (χ1n) is 4.99. The Morgan fingerprint density at radius 1 is 1.31 bits per heavy atom. The number of nitrogens with two attached hydrogens (primary N) is 1. The van der Waals surface area contributed by atoms with Gasteiger partial charge in [0.25, 0.3) is 0 Å². The van der Waals surface area contributed by atoms with Crippen LogP contribution in [0.2, 0.25) is 0 Å². The van der Waals surface area contributed by atoms with E-state index in [4.69, 9.17) is 5.84 Å². The Morgan fingerprint density at radius 3 is 2.31 bits per heavy atom. The van der Waals surface area contributed by atoms with Gasteiger partial charge in [-0.05, 0) is 26.0 Å². The van der Waals surface area contributed by atoms with Gasteiger partial charge in [-0.25, -0.2) is 5.84 Å². The maximum atomic E-state index is 11.6. The van der Waals surface area contributed by atoms with Gasteiger partial charge in [-0.3, -0.25) is 15.0 Å². The highest BCUT2D eigenvalue weighted by Crippen LogP contribution is 2.14. The Hall–Kier alpha value is -1.88. The van der Waals surface area contributed by atoms with E-state index in [1.165, 1.54) is 4.90 Å². The smallest absolute Gasteiger partial charge is 0.304 e. The molecule has 0 bridgehead atoms. The lowest BCUT2D eigenvalue weighted by molar-refractivity contribution is -0.137. The number of amides is 2. The summed E-state index contributed by atoms with van der Waals surface area (Å²) in [4.78, 5) is 24.1. The Balaban J connectivity index is 2.94. The number of hydrogen-bond donors (Lipinski definition) is 2. The summed E-state index contributed by atoms with van der Waals surface area (Å²) in [5.74, 6) is 3.44. The van der Waals surface area contributed by atoms with Gasteiger partial charge in [-0.15, -0.1) is 0 Å². The number of carbonyl (C=O) groups excluding carboxylic acids is 2. The molecule has 1 aromatic rings. The van der Waals surface area contributed by atoms with E-state index in [-0.39, 0.29) is 0 Å². The van der Waals surface area contributed by atoms with E-state index in [1.807, 2.05) is 24.5 Å². The lowest BCUT2D eigenvalue weighted by Gasteiger charge is -2.19. The van der Waals surface area contributed by atoms with Crippen molar-refractivity contribution in [3.8, 4) is 0 Å². The van der Waals surface area contributed by atoms with Gasteiger partial charge in [-0.1, -0.05) is 17.7 Å². The fraction of sp³-hybridized carbons (Fsp3) is 0.273. The van der Waals surface area contributed by atoms with Gasteiger partial charge in [0, 0.05) is 12.2 Å². The zero-order valence-electron chi connectivity index (χ0n) is 9.36. The third-order valence-corrected chi connectivity index (χ3v) is 2.23. The minimum absolute atomic E-state index is 0.412. The topological polar surface area (TPSA) is 75.4 Å². The highest BCUT2D eigenvalue weighted by molar-refractivity contribution is 6.40. The molecule has 0 unspecified atom stereocenters. The SMILES string of the molecule is CCN(C(=O)C(=O)NN)c1ccc(C)cc1. The highest BCUT2D eigenvalue weighted by atomic mass is 16.2. The van der Waals surface area contributed by atoms with Crippen LogP contribution < -0.4 is 16.2 Å². The van der Waals surface area contributed by atoms with Gasteiger partial charge >= 0.3 is 11.8 Å². The van der Waals surface area contributed by atoms with Crippen molar-refractivity contribution >= 4 is 17.5 Å². The second-order valence-corrected chi connectivity index (χ2v) is 3.36. The zero-order chi connectivity index (χ0) is 12.1. The molecule has 0 radical (unpaired) electrons. The van der Waals surface area contributed by atoms with E-state index >= 15 is 0 Å². The predicted molar refractivity (Wildman–Crippen MR) is 61.5 cm³/mol. The molecule has 1 aromatic carbocycles. The third kappa shape index (κ3) is 2.58. The molecule has 1 rings (SSSR count). The number of nitrogens with one attached hydrogen (secondary N) is 1. The molecular weight excluding hydrogens is 206 g/mol. The molecule has 0 aliphatic rings. The molecule has 0 saturated carbocycles. The van der Waals surface area contributed by atoms with Gasteiger partial charge in [-0.2, -0.15) is 0 Å². The number of nitrogens with zero attached hydrogens (tertiary/aromatic N) is 1. The molecule has 0 spiro atoms. The van der Waals surface area contributed by atoms with Crippen molar-refractivity contribution in [1.82, 2.24) is 5.43 Å². The molecule has 0 aliphatic heterocycles. The first kappa shape index (κ1) is 12.2. The summed E-state index contributed by atoms with van der Waals surface area (Å²) in [7, 11) is 0. The van der Waals surface area contributed by atoms with Gasteiger partial charge in [0.2, 0.25) is 0 Å². The Bertz CT molecular complexity index is 387. The van der Waals surface area contributed by atoms with Crippen molar-refractivity contribution in [2.75, 3.05) is 11.4 Å². The summed E-state index contributed by atoms with van der Waals surface area (Å²) in [6.45, 7) is 4.16. The first-order chi connectivity index (χ1) is 7.60. The Labute approximate surface area is 94.2 Å².